The van der Waals surface area contributed by atoms with Crippen molar-refractivity contribution in [3.8, 4) is 0 Å². The molecule has 0 unspecified atom stereocenters. The molecule has 1 fully saturated rings. The predicted octanol–water partition coefficient (Wildman–Crippen LogP) is 5.91. The van der Waals surface area contributed by atoms with Crippen LogP contribution in [0.1, 0.15) is 57.3 Å². The van der Waals surface area contributed by atoms with Crippen LogP contribution in [0.25, 0.3) is 0 Å². The summed E-state index contributed by atoms with van der Waals surface area (Å²) in [5, 5.41) is 5.34. The van der Waals surface area contributed by atoms with Crippen LogP contribution in [0, 0.1) is 15.7 Å². The molecule has 1 heterocycles. The highest BCUT2D eigenvalue weighted by Gasteiger charge is 2.52. The van der Waals surface area contributed by atoms with Crippen LogP contribution >= 0.6 is 0 Å². The number of nitroso groups, excluding NO2 is 1. The molecule has 0 N–H and O–H groups in total. The van der Waals surface area contributed by atoms with Gasteiger partial charge in [0.2, 0.25) is 0 Å². The summed E-state index contributed by atoms with van der Waals surface area (Å²) in [6, 6.07) is 20.5. The van der Waals surface area contributed by atoms with Gasteiger partial charge < -0.3 is 0 Å². The van der Waals surface area contributed by atoms with Gasteiger partial charge in [-0.1, -0.05) is 88.4 Å². The predicted molar refractivity (Wildman–Crippen MR) is 98.2 cm³/mol. The van der Waals surface area contributed by atoms with E-state index in [1.54, 1.807) is 5.01 Å². The number of benzene rings is 2. The van der Waals surface area contributed by atoms with Crippen LogP contribution < -0.4 is 0 Å². The van der Waals surface area contributed by atoms with E-state index in [2.05, 4.69) is 57.2 Å². The standard InChI is InChI=1S/C21H26N2O/c1-20(2)15-21(3,4)19(17-13-9-6-10-14-17)23(22-24)18(20)16-11-7-5-8-12-16/h5-14,18-19H,15H2,1-4H3/t18-,19+. The van der Waals surface area contributed by atoms with Crippen molar-refractivity contribution in [2.75, 3.05) is 0 Å². The molecule has 2 atom stereocenters. The number of nitrogens with zero attached hydrogens (tertiary/aromatic N) is 2. The highest BCUT2D eigenvalue weighted by molar-refractivity contribution is 5.28. The van der Waals surface area contributed by atoms with Crippen molar-refractivity contribution in [1.29, 1.82) is 0 Å². The summed E-state index contributed by atoms with van der Waals surface area (Å²) < 4.78 is 0. The lowest BCUT2D eigenvalue weighted by Crippen LogP contribution is -2.50. The third-order valence-electron chi connectivity index (χ3n) is 5.25. The molecule has 126 valence electrons. The molecule has 0 saturated carbocycles. The number of hydrogen-bond donors (Lipinski definition) is 0. The first-order valence-corrected chi connectivity index (χ1v) is 8.58. The summed E-state index contributed by atoms with van der Waals surface area (Å²) >= 11 is 0. The summed E-state index contributed by atoms with van der Waals surface area (Å²) in [4.78, 5) is 12.0. The quantitative estimate of drug-likeness (QED) is 0.658. The summed E-state index contributed by atoms with van der Waals surface area (Å²) in [6.45, 7) is 8.97. The molecule has 2 aromatic rings. The fourth-order valence-corrected chi connectivity index (χ4v) is 4.81. The zero-order valence-corrected chi connectivity index (χ0v) is 14.9. The molecule has 1 aliphatic rings. The van der Waals surface area contributed by atoms with Crippen LogP contribution in [0.3, 0.4) is 0 Å². The molecule has 0 bridgehead atoms. The van der Waals surface area contributed by atoms with E-state index in [1.807, 2.05) is 36.4 Å². The Labute approximate surface area is 144 Å². The zero-order chi connectivity index (χ0) is 17.4. The van der Waals surface area contributed by atoms with Crippen molar-refractivity contribution < 1.29 is 0 Å². The highest BCUT2D eigenvalue weighted by atomic mass is 16.3. The lowest BCUT2D eigenvalue weighted by atomic mass is 9.61. The van der Waals surface area contributed by atoms with Crippen LogP contribution in [-0.2, 0) is 0 Å². The van der Waals surface area contributed by atoms with E-state index in [-0.39, 0.29) is 22.9 Å². The molecule has 2 aromatic carbocycles. The molecular formula is C21H26N2O. The van der Waals surface area contributed by atoms with Gasteiger partial charge in [0.05, 0.1) is 17.4 Å². The smallest absolute Gasteiger partial charge is 0.0810 e. The topological polar surface area (TPSA) is 32.7 Å². The summed E-state index contributed by atoms with van der Waals surface area (Å²) in [5.41, 5.74) is 2.20. The second-order valence-electron chi connectivity index (χ2n) is 8.24. The largest absolute Gasteiger partial charge is 0.245 e. The van der Waals surface area contributed by atoms with Crippen LogP contribution in [0.4, 0.5) is 0 Å². The lowest BCUT2D eigenvalue weighted by molar-refractivity contribution is -0.0854. The molecule has 3 nitrogen and oxygen atoms in total. The molecule has 24 heavy (non-hydrogen) atoms. The van der Waals surface area contributed by atoms with Crippen LogP contribution in [0.5, 0.6) is 0 Å². The minimum atomic E-state index is -0.0515. The van der Waals surface area contributed by atoms with Gasteiger partial charge in [-0.2, -0.15) is 0 Å². The average Bonchev–Trinajstić information content (AvgIpc) is 2.54. The molecule has 0 aromatic heterocycles. The fourth-order valence-electron chi connectivity index (χ4n) is 4.81. The van der Waals surface area contributed by atoms with Gasteiger partial charge >= 0.3 is 0 Å². The van der Waals surface area contributed by atoms with E-state index in [0.717, 1.165) is 17.5 Å². The average molecular weight is 322 g/mol. The van der Waals surface area contributed by atoms with Gasteiger partial charge in [-0.25, -0.2) is 5.01 Å². The maximum absolute atomic E-state index is 12.0. The van der Waals surface area contributed by atoms with Gasteiger partial charge in [-0.3, -0.25) is 0 Å². The van der Waals surface area contributed by atoms with Crippen LogP contribution in [0.15, 0.2) is 65.9 Å². The monoisotopic (exact) mass is 322 g/mol. The first-order valence-electron chi connectivity index (χ1n) is 8.58. The zero-order valence-electron chi connectivity index (χ0n) is 14.9. The minimum Gasteiger partial charge on any atom is -0.245 e. The Bertz CT molecular complexity index is 637. The van der Waals surface area contributed by atoms with E-state index in [1.165, 1.54) is 0 Å². The van der Waals surface area contributed by atoms with Gasteiger partial charge in [-0.15, -0.1) is 4.91 Å². The SMILES string of the molecule is CC1(C)CC(C)(C)[C@@H](c2ccccc2)N(N=O)[C@H]1c1ccccc1. The molecule has 3 rings (SSSR count). The van der Waals surface area contributed by atoms with Crippen molar-refractivity contribution >= 4 is 0 Å². The van der Waals surface area contributed by atoms with E-state index >= 15 is 0 Å². The van der Waals surface area contributed by atoms with Gasteiger partial charge in [0.15, 0.2) is 0 Å². The lowest BCUT2D eigenvalue weighted by Gasteiger charge is -2.55. The normalized spacial score (nSPS) is 25.2. The summed E-state index contributed by atoms with van der Waals surface area (Å²) in [6.07, 6.45) is 1.02. The Hall–Kier alpha value is -2.16. The van der Waals surface area contributed by atoms with Gasteiger partial charge in [-0.05, 0) is 28.4 Å². The Morgan fingerprint density at radius 2 is 1.17 bits per heavy atom. The molecular weight excluding hydrogens is 296 g/mol. The van der Waals surface area contributed by atoms with Crippen molar-refractivity contribution in [3.63, 3.8) is 0 Å². The molecule has 1 saturated heterocycles. The fraction of sp³-hybridized carbons (Fsp3) is 0.429. The number of piperidine rings is 1. The molecule has 1 aliphatic heterocycles. The van der Waals surface area contributed by atoms with Crippen LogP contribution in [-0.4, -0.2) is 5.01 Å². The minimum absolute atomic E-state index is 0.0329. The highest BCUT2D eigenvalue weighted by Crippen LogP contribution is 2.59. The molecule has 3 heteroatoms. The van der Waals surface area contributed by atoms with E-state index < -0.39 is 0 Å². The van der Waals surface area contributed by atoms with Gasteiger partial charge in [0.1, 0.15) is 0 Å². The second kappa shape index (κ2) is 6.04. The Morgan fingerprint density at radius 1 is 0.792 bits per heavy atom. The maximum Gasteiger partial charge on any atom is 0.0810 e. The van der Waals surface area contributed by atoms with Crippen molar-refractivity contribution in [3.05, 3.63) is 76.7 Å². The molecule has 0 spiro atoms. The third-order valence-corrected chi connectivity index (χ3v) is 5.25. The van der Waals surface area contributed by atoms with Crippen LogP contribution in [0.2, 0.25) is 0 Å². The summed E-state index contributed by atoms with van der Waals surface area (Å²) in [5.74, 6) is 0. The molecule has 0 aliphatic carbocycles. The number of rotatable bonds is 3. The first kappa shape index (κ1) is 16.7. The Balaban J connectivity index is 2.14. The molecule has 0 radical (unpaired) electrons. The summed E-state index contributed by atoms with van der Waals surface area (Å²) in [7, 11) is 0. The first-order chi connectivity index (χ1) is 11.4. The Kier molecular flexibility index (Phi) is 4.20. The maximum atomic E-state index is 12.0. The van der Waals surface area contributed by atoms with Gasteiger partial charge in [0, 0.05) is 0 Å². The second-order valence-corrected chi connectivity index (χ2v) is 8.24. The van der Waals surface area contributed by atoms with Crippen molar-refractivity contribution in [1.82, 2.24) is 5.01 Å². The third kappa shape index (κ3) is 2.83. The van der Waals surface area contributed by atoms with Gasteiger partial charge in [0.25, 0.3) is 0 Å². The Morgan fingerprint density at radius 3 is 1.50 bits per heavy atom. The van der Waals surface area contributed by atoms with E-state index in [0.29, 0.717) is 0 Å². The van der Waals surface area contributed by atoms with E-state index in [4.69, 9.17) is 0 Å². The van der Waals surface area contributed by atoms with Crippen molar-refractivity contribution in [2.24, 2.45) is 16.1 Å². The molecule has 0 amide bonds. The van der Waals surface area contributed by atoms with E-state index in [9.17, 15) is 4.91 Å². The number of hydrogen-bond acceptors (Lipinski definition) is 2. The van der Waals surface area contributed by atoms with Crippen molar-refractivity contribution in [2.45, 2.75) is 46.2 Å².